The first-order valence-corrected chi connectivity index (χ1v) is 7.11. The molecule has 1 aromatic rings. The second kappa shape index (κ2) is 7.56. The van der Waals surface area contributed by atoms with Gasteiger partial charge in [0.2, 0.25) is 6.43 Å². The molecule has 4 nitrogen and oxygen atoms in total. The number of nitrogens with zero attached hydrogens (tertiary/aromatic N) is 1. The molecule has 0 saturated carbocycles. The summed E-state index contributed by atoms with van der Waals surface area (Å²) < 4.78 is 36.7. The minimum atomic E-state index is -2.36. The van der Waals surface area contributed by atoms with Crippen LogP contribution in [0.3, 0.4) is 0 Å². The molecule has 1 heterocycles. The highest BCUT2D eigenvalue weighted by Gasteiger charge is 2.28. The Bertz CT molecular complexity index is 451. The van der Waals surface area contributed by atoms with Gasteiger partial charge >= 0.3 is 0 Å². The van der Waals surface area contributed by atoms with Gasteiger partial charge in [-0.25, -0.2) is 8.78 Å². The maximum absolute atomic E-state index is 13.0. The first kappa shape index (κ1) is 16.0. The number of benzene rings is 1. The summed E-state index contributed by atoms with van der Waals surface area (Å²) in [5.74, 6) is 1.12. The van der Waals surface area contributed by atoms with E-state index in [9.17, 15) is 8.78 Å². The zero-order chi connectivity index (χ0) is 15.2. The summed E-state index contributed by atoms with van der Waals surface area (Å²) in [6.07, 6.45) is -2.57. The van der Waals surface area contributed by atoms with E-state index in [1.54, 1.807) is 20.3 Å². The van der Waals surface area contributed by atoms with Gasteiger partial charge in [-0.3, -0.25) is 4.90 Å². The van der Waals surface area contributed by atoms with E-state index in [-0.39, 0.29) is 12.5 Å². The molecule has 1 aliphatic rings. The van der Waals surface area contributed by atoms with Crippen LogP contribution < -0.4 is 14.8 Å². The fraction of sp³-hybridized carbons (Fsp3) is 0.600. The predicted molar refractivity (Wildman–Crippen MR) is 77.4 cm³/mol. The summed E-state index contributed by atoms with van der Waals surface area (Å²) >= 11 is 0. The Morgan fingerprint density at radius 1 is 1.19 bits per heavy atom. The number of para-hydroxylation sites is 1. The monoisotopic (exact) mass is 300 g/mol. The van der Waals surface area contributed by atoms with Crippen LogP contribution in [0.15, 0.2) is 18.2 Å². The summed E-state index contributed by atoms with van der Waals surface area (Å²) in [7, 11) is 3.09. The molecule has 0 radical (unpaired) electrons. The Morgan fingerprint density at radius 2 is 1.90 bits per heavy atom. The normalized spacial score (nSPS) is 17.8. The Kier molecular flexibility index (Phi) is 5.76. The van der Waals surface area contributed by atoms with Gasteiger partial charge < -0.3 is 14.8 Å². The minimum Gasteiger partial charge on any atom is -0.493 e. The van der Waals surface area contributed by atoms with Crippen molar-refractivity contribution in [2.24, 2.45) is 0 Å². The number of methoxy groups -OCH3 is 2. The van der Waals surface area contributed by atoms with Crippen LogP contribution in [-0.4, -0.2) is 51.7 Å². The average molecular weight is 300 g/mol. The third-order valence-corrected chi connectivity index (χ3v) is 3.79. The number of hydrogen-bond acceptors (Lipinski definition) is 4. The van der Waals surface area contributed by atoms with Gasteiger partial charge in [0.1, 0.15) is 0 Å². The SMILES string of the molecule is COc1cccc([C@@H](CC(F)F)N2CCNCC2)c1OC. The molecule has 1 aromatic carbocycles. The molecule has 1 aliphatic heterocycles. The highest BCUT2D eigenvalue weighted by molar-refractivity contribution is 5.48. The van der Waals surface area contributed by atoms with Crippen molar-refractivity contribution >= 4 is 0 Å². The molecule has 0 aliphatic carbocycles. The number of hydrogen-bond donors (Lipinski definition) is 1. The van der Waals surface area contributed by atoms with Gasteiger partial charge in [-0.05, 0) is 6.07 Å². The molecule has 118 valence electrons. The second-order valence-corrected chi connectivity index (χ2v) is 5.01. The minimum absolute atomic E-state index is 0.205. The molecule has 6 heteroatoms. The molecule has 21 heavy (non-hydrogen) atoms. The molecule has 0 spiro atoms. The van der Waals surface area contributed by atoms with Gasteiger partial charge in [-0.15, -0.1) is 0 Å². The van der Waals surface area contributed by atoms with Crippen LogP contribution in [0.5, 0.6) is 11.5 Å². The van der Waals surface area contributed by atoms with Crippen molar-refractivity contribution in [2.75, 3.05) is 40.4 Å². The van der Waals surface area contributed by atoms with Crippen LogP contribution in [0.2, 0.25) is 0 Å². The number of piperazine rings is 1. The molecular formula is C15H22F2N2O2. The second-order valence-electron chi connectivity index (χ2n) is 5.01. The van der Waals surface area contributed by atoms with E-state index in [1.807, 2.05) is 12.1 Å². The maximum Gasteiger partial charge on any atom is 0.240 e. The maximum atomic E-state index is 13.0. The van der Waals surface area contributed by atoms with Crippen molar-refractivity contribution in [1.82, 2.24) is 10.2 Å². The molecule has 0 bridgehead atoms. The number of halogens is 2. The van der Waals surface area contributed by atoms with E-state index in [4.69, 9.17) is 9.47 Å². The molecule has 0 unspecified atom stereocenters. The number of alkyl halides is 2. The standard InChI is InChI=1S/C15H22F2N2O2/c1-20-13-5-3-4-11(15(13)21-2)12(10-14(16)17)19-8-6-18-7-9-19/h3-5,12,14,18H,6-10H2,1-2H3/t12-/m1/s1. The van der Waals surface area contributed by atoms with Crippen molar-refractivity contribution in [1.29, 1.82) is 0 Å². The molecule has 1 fully saturated rings. The van der Waals surface area contributed by atoms with E-state index in [2.05, 4.69) is 10.2 Å². The number of ether oxygens (including phenoxy) is 2. The molecule has 1 atom stereocenters. The van der Waals surface area contributed by atoms with Crippen LogP contribution in [0.25, 0.3) is 0 Å². The lowest BCUT2D eigenvalue weighted by atomic mass is 9.99. The van der Waals surface area contributed by atoms with Crippen LogP contribution in [-0.2, 0) is 0 Å². The van der Waals surface area contributed by atoms with Gasteiger partial charge in [-0.2, -0.15) is 0 Å². The number of rotatable bonds is 6. The predicted octanol–water partition coefficient (Wildman–Crippen LogP) is 2.31. The van der Waals surface area contributed by atoms with Crippen molar-refractivity contribution < 1.29 is 18.3 Å². The first-order chi connectivity index (χ1) is 10.2. The van der Waals surface area contributed by atoms with Crippen LogP contribution >= 0.6 is 0 Å². The summed E-state index contributed by atoms with van der Waals surface area (Å²) in [5.41, 5.74) is 0.763. The fourth-order valence-electron chi connectivity index (χ4n) is 2.81. The summed E-state index contributed by atoms with van der Waals surface area (Å²) in [6, 6.07) is 5.07. The lowest BCUT2D eigenvalue weighted by molar-refractivity contribution is 0.0727. The third kappa shape index (κ3) is 3.83. The smallest absolute Gasteiger partial charge is 0.240 e. The van der Waals surface area contributed by atoms with Gasteiger partial charge in [0.05, 0.1) is 14.2 Å². The van der Waals surface area contributed by atoms with Crippen molar-refractivity contribution in [2.45, 2.75) is 18.9 Å². The van der Waals surface area contributed by atoms with Gasteiger partial charge in [-0.1, -0.05) is 12.1 Å². The average Bonchev–Trinajstić information content (AvgIpc) is 2.52. The number of nitrogens with one attached hydrogen (secondary N) is 1. The largest absolute Gasteiger partial charge is 0.493 e. The van der Waals surface area contributed by atoms with Crippen molar-refractivity contribution in [3.8, 4) is 11.5 Å². The summed E-state index contributed by atoms with van der Waals surface area (Å²) in [5, 5.41) is 3.24. The van der Waals surface area contributed by atoms with E-state index in [0.717, 1.165) is 31.7 Å². The Balaban J connectivity index is 2.35. The molecule has 0 amide bonds. The van der Waals surface area contributed by atoms with E-state index >= 15 is 0 Å². The first-order valence-electron chi connectivity index (χ1n) is 7.11. The lowest BCUT2D eigenvalue weighted by Gasteiger charge is -2.35. The zero-order valence-corrected chi connectivity index (χ0v) is 12.4. The Hall–Kier alpha value is -1.40. The van der Waals surface area contributed by atoms with E-state index < -0.39 is 6.43 Å². The molecule has 0 aromatic heterocycles. The van der Waals surface area contributed by atoms with Crippen molar-refractivity contribution in [3.63, 3.8) is 0 Å². The third-order valence-electron chi connectivity index (χ3n) is 3.79. The summed E-state index contributed by atoms with van der Waals surface area (Å²) in [4.78, 5) is 2.08. The van der Waals surface area contributed by atoms with Crippen LogP contribution in [0.1, 0.15) is 18.0 Å². The van der Waals surface area contributed by atoms with Crippen LogP contribution in [0, 0.1) is 0 Å². The molecule has 1 saturated heterocycles. The van der Waals surface area contributed by atoms with E-state index in [0.29, 0.717) is 11.5 Å². The highest BCUT2D eigenvalue weighted by Crippen LogP contribution is 2.39. The quantitative estimate of drug-likeness (QED) is 0.874. The highest BCUT2D eigenvalue weighted by atomic mass is 19.3. The lowest BCUT2D eigenvalue weighted by Crippen LogP contribution is -2.45. The Morgan fingerprint density at radius 3 is 2.48 bits per heavy atom. The van der Waals surface area contributed by atoms with Gasteiger partial charge in [0.25, 0.3) is 0 Å². The van der Waals surface area contributed by atoms with Gasteiger partial charge in [0, 0.05) is 44.2 Å². The molecule has 1 N–H and O–H groups in total. The van der Waals surface area contributed by atoms with Crippen LogP contribution in [0.4, 0.5) is 8.78 Å². The fourth-order valence-corrected chi connectivity index (χ4v) is 2.81. The molecular weight excluding hydrogens is 278 g/mol. The van der Waals surface area contributed by atoms with Gasteiger partial charge in [0.15, 0.2) is 11.5 Å². The summed E-state index contributed by atoms with van der Waals surface area (Å²) in [6.45, 7) is 3.12. The van der Waals surface area contributed by atoms with E-state index in [1.165, 1.54) is 0 Å². The zero-order valence-electron chi connectivity index (χ0n) is 12.4. The Labute approximate surface area is 124 Å². The van der Waals surface area contributed by atoms with Crippen molar-refractivity contribution in [3.05, 3.63) is 23.8 Å². The molecule has 2 rings (SSSR count). The topological polar surface area (TPSA) is 33.7 Å².